The van der Waals surface area contributed by atoms with Gasteiger partial charge in [0.05, 0.1) is 16.5 Å². The van der Waals surface area contributed by atoms with Crippen molar-refractivity contribution in [3.63, 3.8) is 0 Å². The summed E-state index contributed by atoms with van der Waals surface area (Å²) in [5.74, 6) is 0. The minimum Gasteiger partial charge on any atom is -0.426 e. The van der Waals surface area contributed by atoms with Crippen LogP contribution in [-0.4, -0.2) is 33.7 Å². The first-order valence-electron chi connectivity index (χ1n) is 4.30. The fraction of sp³-hybridized carbons (Fsp3) is 1.00. The molecule has 0 saturated heterocycles. The summed E-state index contributed by atoms with van der Waals surface area (Å²) >= 11 is 5.63. The van der Waals surface area contributed by atoms with Crippen molar-refractivity contribution in [3.8, 4) is 0 Å². The number of rotatable bonds is 4. The van der Waals surface area contributed by atoms with Gasteiger partial charge in [-0.2, -0.15) is 0 Å². The number of hydrogen-bond acceptors (Lipinski definition) is 3. The van der Waals surface area contributed by atoms with E-state index in [4.69, 9.17) is 16.3 Å². The molecule has 0 bridgehead atoms. The molecule has 13 heavy (non-hydrogen) atoms. The number of aliphatic hydroxyl groups is 1. The normalized spacial score (nSPS) is 15.7. The second-order valence-electron chi connectivity index (χ2n) is 4.26. The van der Waals surface area contributed by atoms with Crippen LogP contribution in [0.5, 0.6) is 0 Å². The molecule has 5 heteroatoms. The Morgan fingerprint density at radius 1 is 1.31 bits per heavy atom. The van der Waals surface area contributed by atoms with Crippen LogP contribution in [0.4, 0.5) is 0 Å². The van der Waals surface area contributed by atoms with E-state index in [2.05, 4.69) is 0 Å². The zero-order chi connectivity index (χ0) is 10.9. The molecule has 0 fully saturated rings. The minimum absolute atomic E-state index is 0.498. The quantitative estimate of drug-likeness (QED) is 0.539. The summed E-state index contributed by atoms with van der Waals surface area (Å²) in [4.78, 5) is 0. The van der Waals surface area contributed by atoms with Crippen molar-refractivity contribution in [2.75, 3.05) is 0 Å². The van der Waals surface area contributed by atoms with Gasteiger partial charge < -0.3 is 14.8 Å². The summed E-state index contributed by atoms with van der Waals surface area (Å²) in [6.45, 7) is 8.29. The first-order chi connectivity index (χ1) is 5.58. The van der Waals surface area contributed by atoms with Crippen molar-refractivity contribution >= 4 is 18.7 Å². The van der Waals surface area contributed by atoms with Crippen LogP contribution in [0.15, 0.2) is 0 Å². The van der Waals surface area contributed by atoms with Crippen LogP contribution in [0.25, 0.3) is 0 Å². The van der Waals surface area contributed by atoms with Gasteiger partial charge in [-0.25, -0.2) is 0 Å². The molecule has 0 rings (SSSR count). The highest BCUT2D eigenvalue weighted by atomic mass is 35.5. The number of hydrogen-bond donors (Lipinski definition) is 2. The maximum Gasteiger partial charge on any atom is 0.473 e. The van der Waals surface area contributed by atoms with Crippen molar-refractivity contribution in [1.29, 1.82) is 0 Å². The molecule has 1 unspecified atom stereocenters. The van der Waals surface area contributed by atoms with Gasteiger partial charge in [0, 0.05) is 0 Å². The zero-order valence-electron chi connectivity index (χ0n) is 8.84. The highest BCUT2D eigenvalue weighted by Gasteiger charge is 2.40. The minimum atomic E-state index is -1.07. The molecule has 0 saturated carbocycles. The molecule has 78 valence electrons. The van der Waals surface area contributed by atoms with Gasteiger partial charge in [-0.05, 0) is 27.7 Å². The summed E-state index contributed by atoms with van der Waals surface area (Å²) < 4.78 is 5.24. The van der Waals surface area contributed by atoms with Crippen molar-refractivity contribution < 1.29 is 14.8 Å². The van der Waals surface area contributed by atoms with Crippen LogP contribution in [0.3, 0.4) is 0 Å². The molecule has 0 aromatic rings. The molecular weight excluding hydrogens is 190 g/mol. The van der Waals surface area contributed by atoms with E-state index in [0.29, 0.717) is 0 Å². The molecule has 0 aliphatic carbocycles. The van der Waals surface area contributed by atoms with Gasteiger partial charge in [0.2, 0.25) is 0 Å². The Morgan fingerprint density at radius 3 is 1.92 bits per heavy atom. The van der Waals surface area contributed by atoms with Gasteiger partial charge in [-0.3, -0.25) is 0 Å². The molecule has 0 radical (unpaired) electrons. The summed E-state index contributed by atoms with van der Waals surface area (Å²) in [7, 11) is -1.07. The van der Waals surface area contributed by atoms with E-state index >= 15 is 0 Å². The lowest BCUT2D eigenvalue weighted by molar-refractivity contribution is -0.100. The molecule has 0 aromatic carbocycles. The Kier molecular flexibility index (Phi) is 4.25. The first kappa shape index (κ1) is 13.2. The second kappa shape index (κ2) is 4.17. The number of halogens is 1. The Labute approximate surface area is 85.2 Å². The van der Waals surface area contributed by atoms with Gasteiger partial charge in [0.1, 0.15) is 0 Å². The Bertz CT molecular complexity index is 165. The van der Waals surface area contributed by atoms with E-state index in [0.717, 1.165) is 0 Å². The largest absolute Gasteiger partial charge is 0.473 e. The predicted molar refractivity (Wildman–Crippen MR) is 54.7 cm³/mol. The second-order valence-corrected chi connectivity index (χ2v) is 4.94. The Morgan fingerprint density at radius 2 is 1.69 bits per heavy atom. The average molecular weight is 208 g/mol. The van der Waals surface area contributed by atoms with E-state index in [1.165, 1.54) is 0 Å². The van der Waals surface area contributed by atoms with Gasteiger partial charge in [-0.15, -0.1) is 11.6 Å². The van der Waals surface area contributed by atoms with Crippen LogP contribution in [0.1, 0.15) is 34.6 Å². The third kappa shape index (κ3) is 3.85. The highest BCUT2D eigenvalue weighted by molar-refractivity contribution is 6.58. The molecule has 2 N–H and O–H groups in total. The lowest BCUT2D eigenvalue weighted by Crippen LogP contribution is -2.52. The highest BCUT2D eigenvalue weighted by Crippen LogP contribution is 2.26. The first-order valence-corrected chi connectivity index (χ1v) is 4.74. The van der Waals surface area contributed by atoms with Gasteiger partial charge in [0.15, 0.2) is 0 Å². The summed E-state index contributed by atoms with van der Waals surface area (Å²) in [6, 6.07) is 0. The van der Waals surface area contributed by atoms with E-state index in [-0.39, 0.29) is 0 Å². The molecule has 0 aromatic heterocycles. The summed E-state index contributed by atoms with van der Waals surface area (Å²) in [6.07, 6.45) is 0. The van der Waals surface area contributed by atoms with Crippen LogP contribution in [0.2, 0.25) is 0 Å². The van der Waals surface area contributed by atoms with E-state index in [1.54, 1.807) is 34.6 Å². The van der Waals surface area contributed by atoms with Crippen LogP contribution >= 0.6 is 11.6 Å². The fourth-order valence-electron chi connectivity index (χ4n) is 0.540. The smallest absolute Gasteiger partial charge is 0.426 e. The standard InChI is InChI=1S/C8H18BClO3/c1-6(10)9(12)13-8(4,5)7(2,3)11/h6,11-12H,1-5H3. The van der Waals surface area contributed by atoms with E-state index < -0.39 is 23.6 Å². The van der Waals surface area contributed by atoms with Gasteiger partial charge in [-0.1, -0.05) is 6.92 Å². The van der Waals surface area contributed by atoms with Crippen molar-refractivity contribution in [2.24, 2.45) is 0 Å². The topological polar surface area (TPSA) is 49.7 Å². The van der Waals surface area contributed by atoms with Gasteiger partial charge >= 0.3 is 7.12 Å². The van der Waals surface area contributed by atoms with Crippen LogP contribution in [-0.2, 0) is 4.65 Å². The molecule has 3 nitrogen and oxygen atoms in total. The van der Waals surface area contributed by atoms with E-state index in [1.807, 2.05) is 0 Å². The maximum absolute atomic E-state index is 9.70. The van der Waals surface area contributed by atoms with Gasteiger partial charge in [0.25, 0.3) is 0 Å². The molecule has 0 spiro atoms. The molecule has 0 heterocycles. The molecule has 0 aliphatic rings. The average Bonchev–Trinajstić information content (AvgIpc) is 1.83. The SMILES string of the molecule is CC(Cl)B(O)OC(C)(C)C(C)(C)O. The molecule has 1 atom stereocenters. The fourth-order valence-corrected chi connectivity index (χ4v) is 0.591. The Hall–Kier alpha value is 0.235. The van der Waals surface area contributed by atoms with Crippen molar-refractivity contribution in [2.45, 2.75) is 51.1 Å². The third-order valence-corrected chi connectivity index (χ3v) is 2.50. The van der Waals surface area contributed by atoms with Crippen molar-refractivity contribution in [3.05, 3.63) is 0 Å². The lowest BCUT2D eigenvalue weighted by Gasteiger charge is -2.38. The summed E-state index contributed by atoms with van der Waals surface area (Å²) in [5.41, 5.74) is -1.87. The summed E-state index contributed by atoms with van der Waals surface area (Å²) in [5, 5.41) is 18.6. The van der Waals surface area contributed by atoms with E-state index in [9.17, 15) is 10.1 Å². The predicted octanol–water partition coefficient (Wildman–Crippen LogP) is 1.20. The molecule has 0 aliphatic heterocycles. The zero-order valence-corrected chi connectivity index (χ0v) is 9.59. The lowest BCUT2D eigenvalue weighted by atomic mass is 9.81. The number of alkyl halides is 1. The van der Waals surface area contributed by atoms with Crippen LogP contribution in [0, 0.1) is 0 Å². The van der Waals surface area contributed by atoms with Crippen LogP contribution < -0.4 is 0 Å². The third-order valence-electron chi connectivity index (χ3n) is 2.28. The maximum atomic E-state index is 9.70. The molecule has 0 amide bonds. The molecular formula is C8H18BClO3. The monoisotopic (exact) mass is 208 g/mol. The van der Waals surface area contributed by atoms with Crippen molar-refractivity contribution in [1.82, 2.24) is 0 Å². The Balaban J connectivity index is 4.34.